The molecule has 110 valence electrons. The van der Waals surface area contributed by atoms with Crippen molar-refractivity contribution in [1.29, 1.82) is 0 Å². The quantitative estimate of drug-likeness (QED) is 0.336. The summed E-state index contributed by atoms with van der Waals surface area (Å²) in [4.78, 5) is 22.7. The minimum Gasteiger partial charge on any atom is -0.425 e. The minimum absolute atomic E-state index is 0.141. The smallest absolute Gasteiger partial charge is 0.336 e. The van der Waals surface area contributed by atoms with Gasteiger partial charge in [-0.05, 0) is 13.8 Å². The van der Waals surface area contributed by atoms with Gasteiger partial charge in [0.25, 0.3) is 10.1 Å². The molecule has 0 rings (SSSR count). The van der Waals surface area contributed by atoms with Gasteiger partial charge in [-0.15, -0.1) is 0 Å². The van der Waals surface area contributed by atoms with E-state index in [-0.39, 0.29) is 5.57 Å². The summed E-state index contributed by atoms with van der Waals surface area (Å²) in [7, 11) is -4.34. The van der Waals surface area contributed by atoms with Crippen LogP contribution < -0.4 is 0 Å². The average Bonchev–Trinajstić information content (AvgIpc) is 2.25. The summed E-state index contributed by atoms with van der Waals surface area (Å²) < 4.78 is 40.0. The second-order valence-electron chi connectivity index (χ2n) is 4.20. The molecule has 0 aliphatic heterocycles. The number of hydrogen-bond acceptors (Lipinski definition) is 6. The molecule has 0 radical (unpaired) electrons. The van der Waals surface area contributed by atoms with Crippen molar-refractivity contribution in [1.82, 2.24) is 0 Å². The molecular weight excluding hydrogens is 276 g/mol. The van der Waals surface area contributed by atoms with Crippen LogP contribution in [0.25, 0.3) is 0 Å². The lowest BCUT2D eigenvalue weighted by atomic mass is 10.1. The lowest BCUT2D eigenvalue weighted by molar-refractivity contribution is -0.184. The predicted molar refractivity (Wildman–Crippen MR) is 66.6 cm³/mol. The Labute approximate surface area is 112 Å². The molecule has 0 heterocycles. The summed E-state index contributed by atoms with van der Waals surface area (Å²) in [6.45, 7) is 8.55. The molecule has 0 bridgehead atoms. The minimum atomic E-state index is -4.34. The highest BCUT2D eigenvalue weighted by atomic mass is 32.2. The molecule has 0 fully saturated rings. The highest BCUT2D eigenvalue weighted by Crippen LogP contribution is 2.14. The SMILES string of the molecule is C=C(C)C(=O)OC(C)OC(=O)C(C)C(C)S(=O)(=O)O. The van der Waals surface area contributed by atoms with Gasteiger partial charge < -0.3 is 9.47 Å². The molecule has 1 N–H and O–H groups in total. The maximum absolute atomic E-state index is 11.6. The van der Waals surface area contributed by atoms with E-state index in [0.29, 0.717) is 0 Å². The first-order chi connectivity index (χ1) is 8.46. The third-order valence-electron chi connectivity index (χ3n) is 2.45. The van der Waals surface area contributed by atoms with Crippen molar-refractivity contribution < 1.29 is 32.0 Å². The molecule has 8 heteroatoms. The van der Waals surface area contributed by atoms with Gasteiger partial charge in [0, 0.05) is 12.5 Å². The van der Waals surface area contributed by atoms with Crippen LogP contribution in [0.3, 0.4) is 0 Å². The molecule has 7 nitrogen and oxygen atoms in total. The number of ether oxygens (including phenoxy) is 2. The molecule has 3 atom stereocenters. The van der Waals surface area contributed by atoms with Crippen LogP contribution in [0.1, 0.15) is 27.7 Å². The molecule has 19 heavy (non-hydrogen) atoms. The molecule has 0 aromatic carbocycles. The van der Waals surface area contributed by atoms with Gasteiger partial charge in [-0.2, -0.15) is 8.42 Å². The number of carbonyl (C=O) groups is 2. The van der Waals surface area contributed by atoms with Crippen molar-refractivity contribution >= 4 is 22.1 Å². The van der Waals surface area contributed by atoms with Gasteiger partial charge in [0.15, 0.2) is 0 Å². The molecule has 0 saturated carbocycles. The Kier molecular flexibility index (Phi) is 6.17. The Morgan fingerprint density at radius 1 is 1.16 bits per heavy atom. The first-order valence-electron chi connectivity index (χ1n) is 5.50. The van der Waals surface area contributed by atoms with Crippen LogP contribution in [0.15, 0.2) is 12.2 Å². The largest absolute Gasteiger partial charge is 0.425 e. The van der Waals surface area contributed by atoms with Crippen LogP contribution in [-0.2, 0) is 29.2 Å². The van der Waals surface area contributed by atoms with E-state index in [9.17, 15) is 18.0 Å². The predicted octanol–water partition coefficient (Wildman–Crippen LogP) is 0.907. The Morgan fingerprint density at radius 2 is 1.63 bits per heavy atom. The average molecular weight is 294 g/mol. The Bertz CT molecular complexity index is 465. The monoisotopic (exact) mass is 294 g/mol. The fourth-order valence-electron chi connectivity index (χ4n) is 0.996. The molecule has 0 aliphatic rings. The van der Waals surface area contributed by atoms with Gasteiger partial charge in [-0.1, -0.05) is 13.5 Å². The van der Waals surface area contributed by atoms with Crippen molar-refractivity contribution in [3.05, 3.63) is 12.2 Å². The topological polar surface area (TPSA) is 107 Å². The molecule has 0 amide bonds. The lowest BCUT2D eigenvalue weighted by Gasteiger charge is -2.19. The Hall–Kier alpha value is -1.41. The van der Waals surface area contributed by atoms with E-state index in [0.717, 1.165) is 0 Å². The lowest BCUT2D eigenvalue weighted by Crippen LogP contribution is -2.34. The first-order valence-corrected chi connectivity index (χ1v) is 7.00. The fraction of sp³-hybridized carbons (Fsp3) is 0.636. The molecule has 0 spiro atoms. The summed E-state index contributed by atoms with van der Waals surface area (Å²) in [5.74, 6) is -2.72. The standard InChI is InChI=1S/C11H18O7S/c1-6(2)10(12)17-9(5)18-11(13)7(3)8(4)19(14,15)16/h7-9H,1H2,2-5H3,(H,14,15,16). The van der Waals surface area contributed by atoms with E-state index in [1.165, 1.54) is 27.7 Å². The van der Waals surface area contributed by atoms with Gasteiger partial charge in [0.05, 0.1) is 11.2 Å². The molecule has 0 aliphatic carbocycles. The van der Waals surface area contributed by atoms with E-state index in [4.69, 9.17) is 14.0 Å². The van der Waals surface area contributed by atoms with Crippen LogP contribution in [0, 0.1) is 5.92 Å². The number of rotatable bonds is 6. The van der Waals surface area contributed by atoms with Gasteiger partial charge in [-0.25, -0.2) is 4.79 Å². The molecule has 0 saturated heterocycles. The molecule has 0 aromatic rings. The maximum atomic E-state index is 11.6. The third-order valence-corrected chi connectivity index (χ3v) is 3.80. The van der Waals surface area contributed by atoms with Gasteiger partial charge in [0.1, 0.15) is 0 Å². The van der Waals surface area contributed by atoms with E-state index < -0.39 is 39.5 Å². The second kappa shape index (κ2) is 6.67. The molecule has 0 aromatic heterocycles. The van der Waals surface area contributed by atoms with E-state index in [2.05, 4.69) is 6.58 Å². The van der Waals surface area contributed by atoms with Crippen molar-refractivity contribution in [2.24, 2.45) is 5.92 Å². The Morgan fingerprint density at radius 3 is 2.00 bits per heavy atom. The number of esters is 2. The van der Waals surface area contributed by atoms with E-state index in [1.54, 1.807) is 0 Å². The summed E-state index contributed by atoms with van der Waals surface area (Å²) in [6, 6.07) is 0. The zero-order valence-corrected chi connectivity index (χ0v) is 12.1. The summed E-state index contributed by atoms with van der Waals surface area (Å²) in [5.41, 5.74) is 0.141. The summed E-state index contributed by atoms with van der Waals surface area (Å²) in [5, 5.41) is -1.32. The summed E-state index contributed by atoms with van der Waals surface area (Å²) in [6.07, 6.45) is -1.17. The summed E-state index contributed by atoms with van der Waals surface area (Å²) >= 11 is 0. The first kappa shape index (κ1) is 17.6. The van der Waals surface area contributed by atoms with Crippen molar-refractivity contribution in [2.45, 2.75) is 39.2 Å². The van der Waals surface area contributed by atoms with Crippen LogP contribution in [-0.4, -0.2) is 36.4 Å². The van der Waals surface area contributed by atoms with Crippen molar-refractivity contribution in [3.8, 4) is 0 Å². The zero-order chi connectivity index (χ0) is 15.4. The van der Waals surface area contributed by atoms with Crippen LogP contribution in [0.2, 0.25) is 0 Å². The highest BCUT2D eigenvalue weighted by molar-refractivity contribution is 7.86. The van der Waals surface area contributed by atoms with Gasteiger partial charge >= 0.3 is 11.9 Å². The fourth-order valence-corrected chi connectivity index (χ4v) is 1.62. The normalized spacial score (nSPS) is 16.1. The second-order valence-corrected chi connectivity index (χ2v) is 5.97. The molecule has 3 unspecified atom stereocenters. The number of hydrogen-bond donors (Lipinski definition) is 1. The van der Waals surface area contributed by atoms with Crippen LogP contribution >= 0.6 is 0 Å². The third kappa shape index (κ3) is 5.84. The van der Waals surface area contributed by atoms with Crippen molar-refractivity contribution in [2.75, 3.05) is 0 Å². The van der Waals surface area contributed by atoms with Crippen molar-refractivity contribution in [3.63, 3.8) is 0 Å². The Balaban J connectivity index is 4.54. The highest BCUT2D eigenvalue weighted by Gasteiger charge is 2.32. The maximum Gasteiger partial charge on any atom is 0.336 e. The van der Waals surface area contributed by atoms with E-state index >= 15 is 0 Å². The zero-order valence-electron chi connectivity index (χ0n) is 11.2. The molecular formula is C11H18O7S. The van der Waals surface area contributed by atoms with Gasteiger partial charge in [-0.3, -0.25) is 9.35 Å². The number of carbonyl (C=O) groups excluding carboxylic acids is 2. The van der Waals surface area contributed by atoms with Crippen LogP contribution in [0.4, 0.5) is 0 Å². The van der Waals surface area contributed by atoms with Crippen LogP contribution in [0.5, 0.6) is 0 Å². The van der Waals surface area contributed by atoms with E-state index in [1.807, 2.05) is 0 Å². The van der Waals surface area contributed by atoms with Gasteiger partial charge in [0.2, 0.25) is 6.29 Å².